The molecule has 4 nitrogen and oxygen atoms in total. The minimum absolute atomic E-state index is 0.0188. The maximum Gasteiger partial charge on any atom is 0.133 e. The van der Waals surface area contributed by atoms with E-state index in [9.17, 15) is 0 Å². The van der Waals surface area contributed by atoms with Gasteiger partial charge in [0, 0.05) is 38.0 Å². The molecule has 0 spiro atoms. The van der Waals surface area contributed by atoms with Crippen LogP contribution in [-0.2, 0) is 4.74 Å². The third kappa shape index (κ3) is 2.18. The molecule has 88 valence electrons. The molecule has 2 N–H and O–H groups in total. The van der Waals surface area contributed by atoms with E-state index < -0.39 is 0 Å². The van der Waals surface area contributed by atoms with Gasteiger partial charge in [-0.3, -0.25) is 0 Å². The molecule has 0 aromatic carbocycles. The fourth-order valence-corrected chi connectivity index (χ4v) is 2.14. The lowest BCUT2D eigenvalue weighted by Crippen LogP contribution is -2.25. The summed E-state index contributed by atoms with van der Waals surface area (Å²) in [5.74, 6) is 1.01. The lowest BCUT2D eigenvalue weighted by molar-refractivity contribution is 0.121. The smallest absolute Gasteiger partial charge is 0.133 e. The van der Waals surface area contributed by atoms with Crippen LogP contribution < -0.4 is 10.6 Å². The van der Waals surface area contributed by atoms with Crippen LogP contribution in [0.2, 0.25) is 0 Å². The van der Waals surface area contributed by atoms with Crippen LogP contribution in [0.25, 0.3) is 0 Å². The first-order valence-corrected chi connectivity index (χ1v) is 5.70. The molecule has 4 heteroatoms. The third-order valence-electron chi connectivity index (χ3n) is 3.09. The number of nitrogens with zero attached hydrogens (tertiary/aromatic N) is 2. The number of anilines is 1. The van der Waals surface area contributed by atoms with E-state index in [1.54, 1.807) is 7.11 Å². The van der Waals surface area contributed by atoms with Gasteiger partial charge in [0.1, 0.15) is 5.82 Å². The zero-order chi connectivity index (χ0) is 11.5. The minimum Gasteiger partial charge on any atom is -0.380 e. The quantitative estimate of drug-likeness (QED) is 0.836. The van der Waals surface area contributed by atoms with Gasteiger partial charge in [-0.25, -0.2) is 4.98 Å². The van der Waals surface area contributed by atoms with Crippen molar-refractivity contribution in [1.29, 1.82) is 0 Å². The molecule has 0 bridgehead atoms. The van der Waals surface area contributed by atoms with Crippen LogP contribution in [0.5, 0.6) is 0 Å². The molecule has 1 aromatic heterocycles. The Kier molecular flexibility index (Phi) is 3.41. The first kappa shape index (κ1) is 11.4. The molecule has 1 aliphatic heterocycles. The average molecular weight is 221 g/mol. The number of hydrogen-bond acceptors (Lipinski definition) is 4. The summed E-state index contributed by atoms with van der Waals surface area (Å²) in [5.41, 5.74) is 7.06. The predicted octanol–water partition coefficient (Wildman–Crippen LogP) is 1.33. The van der Waals surface area contributed by atoms with Gasteiger partial charge in [0.25, 0.3) is 0 Å². The van der Waals surface area contributed by atoms with Gasteiger partial charge in [-0.05, 0) is 19.4 Å². The molecule has 1 saturated heterocycles. The summed E-state index contributed by atoms with van der Waals surface area (Å²) in [5, 5.41) is 0. The number of aromatic nitrogens is 1. The van der Waals surface area contributed by atoms with Crippen molar-refractivity contribution in [1.82, 2.24) is 4.98 Å². The summed E-state index contributed by atoms with van der Waals surface area (Å²) in [4.78, 5) is 6.70. The second kappa shape index (κ2) is 4.80. The lowest BCUT2D eigenvalue weighted by atomic mass is 10.1. The van der Waals surface area contributed by atoms with Crippen LogP contribution in [0.1, 0.15) is 24.9 Å². The SMILES string of the molecule is COC1CCN(c2ncccc2C(C)N)C1. The van der Waals surface area contributed by atoms with E-state index in [2.05, 4.69) is 9.88 Å². The Bertz CT molecular complexity index is 354. The van der Waals surface area contributed by atoms with Gasteiger partial charge in [0.2, 0.25) is 0 Å². The van der Waals surface area contributed by atoms with Gasteiger partial charge in [-0.2, -0.15) is 0 Å². The van der Waals surface area contributed by atoms with Crippen molar-refractivity contribution in [3.63, 3.8) is 0 Å². The highest BCUT2D eigenvalue weighted by Gasteiger charge is 2.25. The Hall–Kier alpha value is -1.13. The normalized spacial score (nSPS) is 22.4. The molecule has 2 unspecified atom stereocenters. The van der Waals surface area contributed by atoms with Crippen LogP contribution in [0.3, 0.4) is 0 Å². The van der Waals surface area contributed by atoms with Crippen LogP contribution in [0, 0.1) is 0 Å². The van der Waals surface area contributed by atoms with E-state index in [4.69, 9.17) is 10.5 Å². The summed E-state index contributed by atoms with van der Waals surface area (Å²) in [6.45, 7) is 3.90. The number of nitrogens with two attached hydrogens (primary N) is 1. The van der Waals surface area contributed by atoms with Gasteiger partial charge >= 0.3 is 0 Å². The summed E-state index contributed by atoms with van der Waals surface area (Å²) >= 11 is 0. The van der Waals surface area contributed by atoms with Crippen molar-refractivity contribution in [2.75, 3.05) is 25.1 Å². The molecule has 1 aliphatic rings. The standard InChI is InChI=1S/C12H19N3O/c1-9(13)11-4-3-6-14-12(11)15-7-5-10(8-15)16-2/h3-4,6,9-10H,5,7-8,13H2,1-2H3. The molecule has 2 rings (SSSR count). The Morgan fingerprint density at radius 3 is 3.06 bits per heavy atom. The van der Waals surface area contributed by atoms with Crippen molar-refractivity contribution >= 4 is 5.82 Å². The fourth-order valence-electron chi connectivity index (χ4n) is 2.14. The van der Waals surface area contributed by atoms with Gasteiger partial charge < -0.3 is 15.4 Å². The summed E-state index contributed by atoms with van der Waals surface area (Å²) in [6.07, 6.45) is 3.20. The number of pyridine rings is 1. The fraction of sp³-hybridized carbons (Fsp3) is 0.583. The average Bonchev–Trinajstić information content (AvgIpc) is 2.77. The molecule has 16 heavy (non-hydrogen) atoms. The van der Waals surface area contributed by atoms with Crippen molar-refractivity contribution in [3.05, 3.63) is 23.9 Å². The highest BCUT2D eigenvalue weighted by atomic mass is 16.5. The topological polar surface area (TPSA) is 51.4 Å². The minimum atomic E-state index is 0.0188. The largest absolute Gasteiger partial charge is 0.380 e. The van der Waals surface area contributed by atoms with Gasteiger partial charge in [-0.1, -0.05) is 6.07 Å². The molecule has 0 saturated carbocycles. The summed E-state index contributed by atoms with van der Waals surface area (Å²) in [6, 6.07) is 4.00. The van der Waals surface area contributed by atoms with Crippen molar-refractivity contribution in [3.8, 4) is 0 Å². The van der Waals surface area contributed by atoms with E-state index >= 15 is 0 Å². The van der Waals surface area contributed by atoms with Crippen LogP contribution in [0.4, 0.5) is 5.82 Å². The van der Waals surface area contributed by atoms with E-state index in [0.717, 1.165) is 30.9 Å². The van der Waals surface area contributed by atoms with Crippen LogP contribution >= 0.6 is 0 Å². The van der Waals surface area contributed by atoms with Gasteiger partial charge in [-0.15, -0.1) is 0 Å². The van der Waals surface area contributed by atoms with Gasteiger partial charge in [0.05, 0.1) is 6.10 Å². The van der Waals surface area contributed by atoms with E-state index in [-0.39, 0.29) is 6.04 Å². The zero-order valence-electron chi connectivity index (χ0n) is 9.89. The summed E-state index contributed by atoms with van der Waals surface area (Å²) < 4.78 is 5.36. The number of hydrogen-bond donors (Lipinski definition) is 1. The lowest BCUT2D eigenvalue weighted by Gasteiger charge is -2.21. The van der Waals surface area contributed by atoms with Crippen molar-refractivity contribution < 1.29 is 4.74 Å². The maximum absolute atomic E-state index is 5.95. The number of rotatable bonds is 3. The molecule has 0 radical (unpaired) electrons. The van der Waals surface area contributed by atoms with E-state index in [1.165, 1.54) is 0 Å². The maximum atomic E-state index is 5.95. The predicted molar refractivity (Wildman–Crippen MR) is 64.5 cm³/mol. The first-order valence-electron chi connectivity index (χ1n) is 5.70. The van der Waals surface area contributed by atoms with Crippen molar-refractivity contribution in [2.45, 2.75) is 25.5 Å². The van der Waals surface area contributed by atoms with E-state index in [0.29, 0.717) is 6.10 Å². The Balaban J connectivity index is 2.20. The van der Waals surface area contributed by atoms with Crippen molar-refractivity contribution in [2.24, 2.45) is 5.73 Å². The molecule has 2 atom stereocenters. The number of ether oxygens (including phenoxy) is 1. The van der Waals surface area contributed by atoms with Gasteiger partial charge in [0.15, 0.2) is 0 Å². The first-order chi connectivity index (χ1) is 7.72. The summed E-state index contributed by atoms with van der Waals surface area (Å²) in [7, 11) is 1.76. The molecule has 2 heterocycles. The third-order valence-corrected chi connectivity index (χ3v) is 3.09. The molecule has 0 amide bonds. The molecular weight excluding hydrogens is 202 g/mol. The van der Waals surface area contributed by atoms with E-state index in [1.807, 2.05) is 25.3 Å². The second-order valence-corrected chi connectivity index (χ2v) is 4.30. The van der Waals surface area contributed by atoms with Crippen LogP contribution in [-0.4, -0.2) is 31.3 Å². The second-order valence-electron chi connectivity index (χ2n) is 4.30. The highest BCUT2D eigenvalue weighted by Crippen LogP contribution is 2.26. The molecule has 1 fully saturated rings. The number of methoxy groups -OCH3 is 1. The van der Waals surface area contributed by atoms with Crippen LogP contribution in [0.15, 0.2) is 18.3 Å². The molecule has 1 aromatic rings. The Morgan fingerprint density at radius 1 is 1.62 bits per heavy atom. The Labute approximate surface area is 96.4 Å². The molecular formula is C12H19N3O. The zero-order valence-corrected chi connectivity index (χ0v) is 9.89. The monoisotopic (exact) mass is 221 g/mol. The molecule has 0 aliphatic carbocycles. The highest BCUT2D eigenvalue weighted by molar-refractivity contribution is 5.49. The Morgan fingerprint density at radius 2 is 2.44 bits per heavy atom.